The summed E-state index contributed by atoms with van der Waals surface area (Å²) in [6.07, 6.45) is 2.62. The highest BCUT2D eigenvalue weighted by molar-refractivity contribution is 6.47. The Morgan fingerprint density at radius 2 is 1.52 bits per heavy atom. The van der Waals surface area contributed by atoms with Crippen LogP contribution in [0.3, 0.4) is 0 Å². The zero-order chi connectivity index (χ0) is 16.8. The minimum Gasteiger partial charge on any atom is -0.465 e. The van der Waals surface area contributed by atoms with Crippen molar-refractivity contribution in [2.75, 3.05) is 13.2 Å². The maximum absolute atomic E-state index is 12.8. The van der Waals surface area contributed by atoms with E-state index >= 15 is 0 Å². The fourth-order valence-electron chi connectivity index (χ4n) is 4.87. The normalized spacial score (nSPS) is 38.0. The van der Waals surface area contributed by atoms with Crippen LogP contribution < -0.4 is 5.32 Å². The molecular weight excluding hydrogens is 302 g/mol. The van der Waals surface area contributed by atoms with Gasteiger partial charge in [0.15, 0.2) is 11.0 Å². The Hall–Kier alpha value is -1.92. The number of hydrogen-bond donors (Lipinski definition) is 1. The molecule has 0 spiro atoms. The van der Waals surface area contributed by atoms with Crippen LogP contribution in [0.15, 0.2) is 0 Å². The van der Waals surface area contributed by atoms with Gasteiger partial charge < -0.3 is 14.8 Å². The van der Waals surface area contributed by atoms with Gasteiger partial charge in [-0.3, -0.25) is 14.4 Å². The number of fused-ring (bicyclic) bond motifs is 2. The molecule has 2 atom stereocenters. The van der Waals surface area contributed by atoms with Crippen molar-refractivity contribution >= 4 is 23.6 Å². The zero-order valence-electron chi connectivity index (χ0n) is 13.3. The van der Waals surface area contributed by atoms with Crippen LogP contribution in [0, 0.1) is 17.3 Å². The number of rotatable bonds is 4. The number of ketones is 1. The van der Waals surface area contributed by atoms with E-state index in [2.05, 4.69) is 5.32 Å². The molecule has 0 radical (unpaired) electrons. The summed E-state index contributed by atoms with van der Waals surface area (Å²) < 4.78 is 10.3. The first kappa shape index (κ1) is 16.0. The zero-order valence-corrected chi connectivity index (χ0v) is 13.3. The molecule has 4 fully saturated rings. The van der Waals surface area contributed by atoms with Gasteiger partial charge in [0.25, 0.3) is 5.91 Å². The van der Waals surface area contributed by atoms with E-state index in [9.17, 15) is 19.2 Å². The summed E-state index contributed by atoms with van der Waals surface area (Å²) in [5.74, 6) is -3.86. The maximum Gasteiger partial charge on any atom is 0.333 e. The van der Waals surface area contributed by atoms with Crippen molar-refractivity contribution in [3.63, 3.8) is 0 Å². The third-order valence-electron chi connectivity index (χ3n) is 5.64. The van der Waals surface area contributed by atoms with Crippen molar-refractivity contribution in [2.45, 2.75) is 45.1 Å². The van der Waals surface area contributed by atoms with E-state index in [0.717, 1.165) is 0 Å². The molecule has 0 aromatic heterocycles. The second-order valence-corrected chi connectivity index (χ2v) is 6.39. The van der Waals surface area contributed by atoms with Crippen LogP contribution in [0.25, 0.3) is 0 Å². The molecular formula is C16H21NO6. The van der Waals surface area contributed by atoms with Crippen molar-refractivity contribution in [3.05, 3.63) is 0 Å². The van der Waals surface area contributed by atoms with Crippen LogP contribution in [0.2, 0.25) is 0 Å². The molecule has 1 heterocycles. The molecule has 23 heavy (non-hydrogen) atoms. The predicted octanol–water partition coefficient (Wildman–Crippen LogP) is 0.357. The topological polar surface area (TPSA) is 98.8 Å². The number of amides is 1. The summed E-state index contributed by atoms with van der Waals surface area (Å²) in [6.45, 7) is 3.48. The van der Waals surface area contributed by atoms with Crippen molar-refractivity contribution in [1.29, 1.82) is 0 Å². The lowest BCUT2D eigenvalue weighted by Gasteiger charge is -2.55. The summed E-state index contributed by atoms with van der Waals surface area (Å²) in [6, 6.07) is 0. The first-order valence-electron chi connectivity index (χ1n) is 8.18. The standard InChI is InChI=1S/C16H21NO6/c1-3-22-13(20)15-9-5-7-10(8-6-9)16(15,14(21)23-4-2)17-12(19)11(15)18/h9-10H,3-8H2,1-2H3,(H,17,19)/t9?,10?,15-,16+/m1/s1. The largest absolute Gasteiger partial charge is 0.465 e. The summed E-state index contributed by atoms with van der Waals surface area (Å²) in [4.78, 5) is 50.6. The van der Waals surface area contributed by atoms with Gasteiger partial charge in [0.2, 0.25) is 5.78 Å². The van der Waals surface area contributed by atoms with E-state index in [1.54, 1.807) is 13.8 Å². The number of carbonyl (C=O) groups excluding carboxylic acids is 4. The smallest absolute Gasteiger partial charge is 0.333 e. The SMILES string of the molecule is CCOC(=O)[C@@]12C(=O)C(=O)N[C@]1(C(=O)OCC)C1CCC2CC1. The van der Waals surface area contributed by atoms with Crippen molar-refractivity contribution in [3.8, 4) is 0 Å². The number of hydrogen-bond acceptors (Lipinski definition) is 6. The van der Waals surface area contributed by atoms with Crippen LogP contribution in [0.4, 0.5) is 0 Å². The molecule has 1 aliphatic heterocycles. The molecule has 3 aliphatic carbocycles. The summed E-state index contributed by atoms with van der Waals surface area (Å²) in [5, 5.41) is 2.55. The monoisotopic (exact) mass is 323 g/mol. The molecule has 0 aromatic carbocycles. The number of esters is 2. The van der Waals surface area contributed by atoms with Gasteiger partial charge in [-0.1, -0.05) is 0 Å². The lowest BCUT2D eigenvalue weighted by molar-refractivity contribution is -0.193. The van der Waals surface area contributed by atoms with Crippen LogP contribution in [-0.4, -0.2) is 42.4 Å². The van der Waals surface area contributed by atoms with Gasteiger partial charge in [0.1, 0.15) is 0 Å². The highest BCUT2D eigenvalue weighted by Gasteiger charge is 2.81. The molecule has 1 saturated heterocycles. The summed E-state index contributed by atoms with van der Waals surface area (Å²) in [5.41, 5.74) is -3.38. The fraction of sp³-hybridized carbons (Fsp3) is 0.750. The molecule has 4 aliphatic rings. The van der Waals surface area contributed by atoms with Gasteiger partial charge in [-0.25, -0.2) is 4.79 Å². The molecule has 0 aromatic rings. The second-order valence-electron chi connectivity index (χ2n) is 6.39. The number of nitrogens with one attached hydrogen (secondary N) is 1. The first-order valence-corrected chi connectivity index (χ1v) is 8.18. The van der Waals surface area contributed by atoms with Crippen molar-refractivity contribution < 1.29 is 28.7 Å². The van der Waals surface area contributed by atoms with Crippen LogP contribution in [0.5, 0.6) is 0 Å². The van der Waals surface area contributed by atoms with E-state index in [4.69, 9.17) is 9.47 Å². The maximum atomic E-state index is 12.8. The summed E-state index contributed by atoms with van der Waals surface area (Å²) >= 11 is 0. The van der Waals surface area contributed by atoms with Gasteiger partial charge in [0.05, 0.1) is 13.2 Å². The molecule has 3 saturated carbocycles. The lowest BCUT2D eigenvalue weighted by Crippen LogP contribution is -2.73. The molecule has 4 rings (SSSR count). The van der Waals surface area contributed by atoms with Crippen LogP contribution in [0.1, 0.15) is 39.5 Å². The fourth-order valence-corrected chi connectivity index (χ4v) is 4.87. The Labute approximate surface area is 134 Å². The van der Waals surface area contributed by atoms with Gasteiger partial charge in [-0.15, -0.1) is 0 Å². The van der Waals surface area contributed by atoms with Crippen LogP contribution >= 0.6 is 0 Å². The van der Waals surface area contributed by atoms with Crippen molar-refractivity contribution in [2.24, 2.45) is 17.3 Å². The van der Waals surface area contributed by atoms with Crippen molar-refractivity contribution in [1.82, 2.24) is 5.32 Å². The Morgan fingerprint density at radius 3 is 2.09 bits per heavy atom. The van der Waals surface area contributed by atoms with E-state index in [0.29, 0.717) is 25.7 Å². The lowest BCUT2D eigenvalue weighted by atomic mass is 9.46. The highest BCUT2D eigenvalue weighted by Crippen LogP contribution is 2.62. The molecule has 0 unspecified atom stereocenters. The predicted molar refractivity (Wildman–Crippen MR) is 77.0 cm³/mol. The molecule has 2 bridgehead atoms. The molecule has 1 N–H and O–H groups in total. The average Bonchev–Trinajstić information content (AvgIpc) is 2.81. The molecule has 7 heteroatoms. The number of ether oxygens (including phenoxy) is 2. The van der Waals surface area contributed by atoms with Crippen LogP contribution in [-0.2, 0) is 28.7 Å². The second kappa shape index (κ2) is 5.32. The first-order chi connectivity index (χ1) is 11.0. The minimum absolute atomic E-state index is 0.0817. The molecule has 126 valence electrons. The Kier molecular flexibility index (Phi) is 3.69. The van der Waals surface area contributed by atoms with Gasteiger partial charge in [0, 0.05) is 0 Å². The van der Waals surface area contributed by atoms with E-state index in [1.807, 2.05) is 0 Å². The highest BCUT2D eigenvalue weighted by atomic mass is 16.5. The number of Topliss-reactive ketones (excluding diaryl/α,β-unsaturated/α-hetero) is 1. The number of carbonyl (C=O) groups is 4. The van der Waals surface area contributed by atoms with Gasteiger partial charge >= 0.3 is 11.9 Å². The van der Waals surface area contributed by atoms with Gasteiger partial charge in [-0.2, -0.15) is 0 Å². The average molecular weight is 323 g/mol. The van der Waals surface area contributed by atoms with Gasteiger partial charge in [-0.05, 0) is 51.4 Å². The molecule has 1 amide bonds. The Balaban J connectivity index is 2.22. The molecule has 7 nitrogen and oxygen atoms in total. The Bertz CT molecular complexity index is 579. The van der Waals surface area contributed by atoms with E-state index in [1.165, 1.54) is 0 Å². The summed E-state index contributed by atoms with van der Waals surface area (Å²) in [7, 11) is 0. The van der Waals surface area contributed by atoms with E-state index in [-0.39, 0.29) is 25.0 Å². The van der Waals surface area contributed by atoms with E-state index < -0.39 is 34.6 Å². The third kappa shape index (κ3) is 1.70. The Morgan fingerprint density at radius 1 is 1.00 bits per heavy atom. The minimum atomic E-state index is -1.77. The third-order valence-corrected chi connectivity index (χ3v) is 5.64. The quantitative estimate of drug-likeness (QED) is 0.455.